The highest BCUT2D eigenvalue weighted by Crippen LogP contribution is 2.54. The lowest BCUT2D eigenvalue weighted by molar-refractivity contribution is -0.151. The van der Waals surface area contributed by atoms with Crippen LogP contribution in [0, 0.1) is 11.3 Å². The molecule has 3 atom stereocenters. The normalized spacial score (nSPS) is 28.8. The molecule has 2 aliphatic rings. The first-order valence-electron chi connectivity index (χ1n) is 8.27. The Morgan fingerprint density at radius 3 is 3.09 bits per heavy atom. The lowest BCUT2D eigenvalue weighted by atomic mass is 9.57. The Balaban J connectivity index is 1.60. The van der Waals surface area contributed by atoms with Gasteiger partial charge < -0.3 is 4.74 Å². The first kappa shape index (κ1) is 14.8. The smallest absolute Gasteiger partial charge is 0.258 e. The fourth-order valence-electron chi connectivity index (χ4n) is 4.73. The van der Waals surface area contributed by atoms with E-state index in [1.807, 2.05) is 18.2 Å². The van der Waals surface area contributed by atoms with Crippen LogP contribution >= 0.6 is 0 Å². The summed E-state index contributed by atoms with van der Waals surface area (Å²) in [4.78, 5) is 19.2. The molecule has 2 aromatic rings. The molecule has 1 saturated heterocycles. The summed E-state index contributed by atoms with van der Waals surface area (Å²) in [6.07, 6.45) is 3.27. The van der Waals surface area contributed by atoms with Gasteiger partial charge in [-0.25, -0.2) is 4.98 Å². The van der Waals surface area contributed by atoms with Gasteiger partial charge in [-0.05, 0) is 25.6 Å². The second-order valence-corrected chi connectivity index (χ2v) is 7.44. The fourth-order valence-corrected chi connectivity index (χ4v) is 4.73. The van der Waals surface area contributed by atoms with Crippen molar-refractivity contribution < 1.29 is 4.74 Å². The maximum atomic E-state index is 12.2. The molecule has 4 rings (SSSR count). The summed E-state index contributed by atoms with van der Waals surface area (Å²) in [6.45, 7) is 6.13. The van der Waals surface area contributed by atoms with Crippen molar-refractivity contribution in [3.8, 4) is 0 Å². The van der Waals surface area contributed by atoms with Gasteiger partial charge in [-0.15, -0.1) is 0 Å². The molecule has 0 radical (unpaired) electrons. The molecule has 1 aliphatic carbocycles. The van der Waals surface area contributed by atoms with Gasteiger partial charge in [0, 0.05) is 42.8 Å². The van der Waals surface area contributed by atoms with Crippen molar-refractivity contribution >= 4 is 5.65 Å². The van der Waals surface area contributed by atoms with Crippen molar-refractivity contribution in [3.05, 3.63) is 46.5 Å². The second kappa shape index (κ2) is 5.14. The predicted molar refractivity (Wildman–Crippen MR) is 88.3 cm³/mol. The third kappa shape index (κ3) is 2.22. The van der Waals surface area contributed by atoms with Gasteiger partial charge in [0.15, 0.2) is 0 Å². The number of ether oxygens (including phenoxy) is 1. The summed E-state index contributed by atoms with van der Waals surface area (Å²) >= 11 is 0. The van der Waals surface area contributed by atoms with E-state index in [9.17, 15) is 4.79 Å². The van der Waals surface area contributed by atoms with Gasteiger partial charge in [0.05, 0.1) is 11.8 Å². The minimum atomic E-state index is -0.0195. The monoisotopic (exact) mass is 313 g/mol. The summed E-state index contributed by atoms with van der Waals surface area (Å²) < 4.78 is 7.46. The van der Waals surface area contributed by atoms with E-state index < -0.39 is 0 Å². The Bertz CT molecular complexity index is 798. The molecule has 2 fully saturated rings. The quantitative estimate of drug-likeness (QED) is 0.869. The third-order valence-electron chi connectivity index (χ3n) is 5.55. The van der Waals surface area contributed by atoms with Crippen LogP contribution in [0.25, 0.3) is 5.65 Å². The minimum absolute atomic E-state index is 0.0195. The van der Waals surface area contributed by atoms with E-state index in [1.165, 1.54) is 0 Å². The average molecular weight is 313 g/mol. The molecule has 1 aliphatic heterocycles. The topological polar surface area (TPSA) is 46.8 Å². The molecule has 0 unspecified atom stereocenters. The van der Waals surface area contributed by atoms with Gasteiger partial charge in [0.2, 0.25) is 0 Å². The van der Waals surface area contributed by atoms with Crippen molar-refractivity contribution in [3.63, 3.8) is 0 Å². The Hall–Kier alpha value is -1.72. The molecule has 5 heteroatoms. The highest BCUT2D eigenvalue weighted by atomic mass is 16.5. The fraction of sp³-hybridized carbons (Fsp3) is 0.556. The lowest BCUT2D eigenvalue weighted by Gasteiger charge is -2.58. The van der Waals surface area contributed by atoms with Crippen LogP contribution in [0.1, 0.15) is 26.0 Å². The van der Waals surface area contributed by atoms with Gasteiger partial charge in [0.25, 0.3) is 5.56 Å². The van der Waals surface area contributed by atoms with E-state index in [0.29, 0.717) is 30.3 Å². The Labute approximate surface area is 135 Å². The molecule has 1 saturated carbocycles. The standard InChI is InChI=1S/C18H23N3O2/c1-18(2)16(13-7-9-23-17(13)18)20(3)11-12-10-15(22)21-8-5-4-6-14(21)19-12/h4-6,8,10,13,16-17H,7,9,11H2,1-3H3/t13-,16-,17+/m1/s1. The van der Waals surface area contributed by atoms with Crippen LogP contribution in [0.15, 0.2) is 35.3 Å². The van der Waals surface area contributed by atoms with Gasteiger partial charge in [0.1, 0.15) is 5.65 Å². The molecule has 2 aromatic heterocycles. The highest BCUT2D eigenvalue weighted by Gasteiger charge is 2.60. The molecule has 0 amide bonds. The Morgan fingerprint density at radius 2 is 2.26 bits per heavy atom. The largest absolute Gasteiger partial charge is 0.377 e. The molecule has 0 aromatic carbocycles. The number of hydrogen-bond acceptors (Lipinski definition) is 4. The number of hydrogen-bond donors (Lipinski definition) is 0. The van der Waals surface area contributed by atoms with Crippen LogP contribution in [0.5, 0.6) is 0 Å². The molecule has 0 spiro atoms. The zero-order valence-corrected chi connectivity index (χ0v) is 13.9. The molecule has 0 N–H and O–H groups in total. The molecular weight excluding hydrogens is 290 g/mol. The summed E-state index contributed by atoms with van der Waals surface area (Å²) in [5.41, 5.74) is 1.68. The summed E-state index contributed by atoms with van der Waals surface area (Å²) in [5.74, 6) is 0.608. The van der Waals surface area contributed by atoms with E-state index in [0.717, 1.165) is 18.7 Å². The summed E-state index contributed by atoms with van der Waals surface area (Å²) in [6, 6.07) is 7.76. The zero-order chi connectivity index (χ0) is 16.2. The van der Waals surface area contributed by atoms with Crippen LogP contribution in [0.4, 0.5) is 0 Å². The molecule has 122 valence electrons. The molecule has 3 heterocycles. The van der Waals surface area contributed by atoms with Crippen LogP contribution in [-0.4, -0.2) is 40.1 Å². The van der Waals surface area contributed by atoms with E-state index in [-0.39, 0.29) is 11.0 Å². The van der Waals surface area contributed by atoms with Gasteiger partial charge in [-0.2, -0.15) is 0 Å². The number of nitrogens with zero attached hydrogens (tertiary/aromatic N) is 3. The average Bonchev–Trinajstić information content (AvgIpc) is 2.93. The summed E-state index contributed by atoms with van der Waals surface area (Å²) in [5, 5.41) is 0. The van der Waals surface area contributed by atoms with Crippen molar-refractivity contribution in [2.24, 2.45) is 11.3 Å². The van der Waals surface area contributed by atoms with Gasteiger partial charge in [-0.3, -0.25) is 14.1 Å². The molecule has 0 bridgehead atoms. The predicted octanol–water partition coefficient (Wildman–Crippen LogP) is 1.94. The van der Waals surface area contributed by atoms with Crippen LogP contribution in [-0.2, 0) is 11.3 Å². The van der Waals surface area contributed by atoms with Crippen LogP contribution in [0.2, 0.25) is 0 Å². The maximum absolute atomic E-state index is 12.2. The number of fused-ring (bicyclic) bond motifs is 2. The van der Waals surface area contributed by atoms with Crippen LogP contribution < -0.4 is 5.56 Å². The highest BCUT2D eigenvalue weighted by molar-refractivity contribution is 5.38. The molecule has 23 heavy (non-hydrogen) atoms. The maximum Gasteiger partial charge on any atom is 0.258 e. The van der Waals surface area contributed by atoms with E-state index in [4.69, 9.17) is 4.74 Å². The van der Waals surface area contributed by atoms with Crippen molar-refractivity contribution in [2.45, 2.75) is 39.0 Å². The van der Waals surface area contributed by atoms with E-state index in [1.54, 1.807) is 16.7 Å². The van der Waals surface area contributed by atoms with Crippen molar-refractivity contribution in [1.29, 1.82) is 0 Å². The first-order valence-corrected chi connectivity index (χ1v) is 8.27. The molecule has 5 nitrogen and oxygen atoms in total. The number of pyridine rings is 1. The Kier molecular flexibility index (Phi) is 3.32. The lowest BCUT2D eigenvalue weighted by Crippen LogP contribution is -2.65. The first-order chi connectivity index (χ1) is 11.0. The van der Waals surface area contributed by atoms with Crippen molar-refractivity contribution in [1.82, 2.24) is 14.3 Å². The third-order valence-corrected chi connectivity index (χ3v) is 5.55. The Morgan fingerprint density at radius 1 is 1.43 bits per heavy atom. The van der Waals surface area contributed by atoms with E-state index >= 15 is 0 Å². The van der Waals surface area contributed by atoms with Gasteiger partial charge in [-0.1, -0.05) is 19.9 Å². The number of rotatable bonds is 3. The van der Waals surface area contributed by atoms with Gasteiger partial charge >= 0.3 is 0 Å². The zero-order valence-electron chi connectivity index (χ0n) is 13.9. The van der Waals surface area contributed by atoms with Crippen LogP contribution in [0.3, 0.4) is 0 Å². The van der Waals surface area contributed by atoms with E-state index in [2.05, 4.69) is 30.8 Å². The number of aromatic nitrogens is 2. The summed E-state index contributed by atoms with van der Waals surface area (Å²) in [7, 11) is 2.13. The second-order valence-electron chi connectivity index (χ2n) is 7.44. The SMILES string of the molecule is CN(Cc1cc(=O)n2ccccc2n1)[C@@H]1[C@H]2CCO[C@@H]2C1(C)C. The molecular formula is C18H23N3O2. The minimum Gasteiger partial charge on any atom is -0.377 e. The van der Waals surface area contributed by atoms with Crippen molar-refractivity contribution in [2.75, 3.05) is 13.7 Å².